The lowest BCUT2D eigenvalue weighted by molar-refractivity contribution is -0.227. The van der Waals surface area contributed by atoms with Crippen molar-refractivity contribution in [3.05, 3.63) is 0 Å². The Hall–Kier alpha value is -0.780. The van der Waals surface area contributed by atoms with Crippen molar-refractivity contribution in [2.45, 2.75) is 44.8 Å². The number of alkyl halides is 3. The highest BCUT2D eigenvalue weighted by molar-refractivity contribution is 5.76. The Morgan fingerprint density at radius 1 is 1.39 bits per heavy atom. The van der Waals surface area contributed by atoms with Gasteiger partial charge >= 0.3 is 12.1 Å². The summed E-state index contributed by atoms with van der Waals surface area (Å²) in [7, 11) is 0. The minimum atomic E-state index is -4.67. The van der Waals surface area contributed by atoms with Gasteiger partial charge in [0.05, 0.1) is 0 Å². The van der Waals surface area contributed by atoms with Crippen molar-refractivity contribution in [1.82, 2.24) is 4.90 Å². The molecule has 1 heterocycles. The predicted octanol–water partition coefficient (Wildman–Crippen LogP) is 2.51. The third kappa shape index (κ3) is 2.11. The first-order chi connectivity index (χ1) is 8.26. The fourth-order valence-electron chi connectivity index (χ4n) is 3.19. The molecule has 0 bridgehead atoms. The molecule has 0 aromatic heterocycles. The van der Waals surface area contributed by atoms with E-state index in [9.17, 15) is 18.0 Å². The summed E-state index contributed by atoms with van der Waals surface area (Å²) in [6.45, 7) is 1.94. The topological polar surface area (TPSA) is 40.5 Å². The summed E-state index contributed by atoms with van der Waals surface area (Å²) in [6, 6.07) is 0.128. The van der Waals surface area contributed by atoms with E-state index in [1.165, 1.54) is 0 Å². The van der Waals surface area contributed by atoms with E-state index in [1.54, 1.807) is 4.90 Å². The first-order valence-corrected chi connectivity index (χ1v) is 6.30. The Labute approximate surface area is 104 Å². The average Bonchev–Trinajstić information content (AvgIpc) is 2.82. The quantitative estimate of drug-likeness (QED) is 0.834. The number of hydrogen-bond acceptors (Lipinski definition) is 2. The summed E-state index contributed by atoms with van der Waals surface area (Å²) >= 11 is 0. The molecule has 6 heteroatoms. The van der Waals surface area contributed by atoms with Gasteiger partial charge in [-0.2, -0.15) is 13.2 Å². The molecular formula is C12H18F3NO2. The molecular weight excluding hydrogens is 247 g/mol. The van der Waals surface area contributed by atoms with Crippen LogP contribution in [0.3, 0.4) is 0 Å². The van der Waals surface area contributed by atoms with Gasteiger partial charge in [0, 0.05) is 12.6 Å². The van der Waals surface area contributed by atoms with E-state index >= 15 is 0 Å². The molecule has 0 radical (unpaired) electrons. The lowest BCUT2D eigenvalue weighted by Crippen LogP contribution is -2.48. The minimum Gasteiger partial charge on any atom is -0.481 e. The highest BCUT2D eigenvalue weighted by Crippen LogP contribution is 2.47. The fraction of sp³-hybridized carbons (Fsp3) is 0.917. The molecule has 0 spiro atoms. The number of aliphatic carboxylic acids is 1. The van der Waals surface area contributed by atoms with Crippen LogP contribution in [0.1, 0.15) is 32.6 Å². The number of hydrogen-bond donors (Lipinski definition) is 1. The number of carboxylic acids is 1. The zero-order chi connectivity index (χ0) is 13.6. The van der Waals surface area contributed by atoms with E-state index in [1.807, 2.05) is 0 Å². The normalized spacial score (nSPS) is 38.2. The second-order valence-corrected chi connectivity index (χ2v) is 5.68. The lowest BCUT2D eigenvalue weighted by Gasteiger charge is -2.29. The van der Waals surface area contributed by atoms with Crippen LogP contribution in [0.2, 0.25) is 0 Å². The van der Waals surface area contributed by atoms with E-state index in [4.69, 9.17) is 5.11 Å². The minimum absolute atomic E-state index is 0.128. The Morgan fingerprint density at radius 3 is 2.44 bits per heavy atom. The Kier molecular flexibility index (Phi) is 3.34. The van der Waals surface area contributed by atoms with E-state index in [0.717, 1.165) is 19.3 Å². The second-order valence-electron chi connectivity index (χ2n) is 5.68. The monoisotopic (exact) mass is 265 g/mol. The molecule has 3 unspecified atom stereocenters. The Balaban J connectivity index is 2.12. The number of carboxylic acid groups (broad SMARTS) is 1. The molecule has 104 valence electrons. The number of halogens is 3. The van der Waals surface area contributed by atoms with Crippen LogP contribution >= 0.6 is 0 Å². The molecule has 1 aliphatic heterocycles. The van der Waals surface area contributed by atoms with Crippen LogP contribution in [0.5, 0.6) is 0 Å². The van der Waals surface area contributed by atoms with Crippen molar-refractivity contribution in [1.29, 1.82) is 0 Å². The van der Waals surface area contributed by atoms with Crippen molar-refractivity contribution < 1.29 is 23.1 Å². The van der Waals surface area contributed by atoms with Crippen LogP contribution in [-0.4, -0.2) is 41.3 Å². The summed E-state index contributed by atoms with van der Waals surface area (Å²) in [5.41, 5.74) is -2.56. The third-order valence-electron chi connectivity index (χ3n) is 4.43. The van der Waals surface area contributed by atoms with Crippen LogP contribution < -0.4 is 0 Å². The van der Waals surface area contributed by atoms with E-state index in [2.05, 4.69) is 6.92 Å². The maximum atomic E-state index is 13.0. The molecule has 0 aromatic carbocycles. The van der Waals surface area contributed by atoms with Gasteiger partial charge in [0.2, 0.25) is 0 Å². The highest BCUT2D eigenvalue weighted by Gasteiger charge is 2.64. The van der Waals surface area contributed by atoms with Gasteiger partial charge in [0.25, 0.3) is 0 Å². The van der Waals surface area contributed by atoms with Crippen molar-refractivity contribution >= 4 is 5.97 Å². The first-order valence-electron chi connectivity index (χ1n) is 6.30. The highest BCUT2D eigenvalue weighted by atomic mass is 19.4. The van der Waals surface area contributed by atoms with Crippen molar-refractivity contribution in [2.75, 3.05) is 13.1 Å². The largest absolute Gasteiger partial charge is 0.481 e. The van der Waals surface area contributed by atoms with Gasteiger partial charge in [0.15, 0.2) is 5.41 Å². The molecule has 1 saturated heterocycles. The molecule has 1 aliphatic carbocycles. The lowest BCUT2D eigenvalue weighted by atomic mass is 9.86. The summed E-state index contributed by atoms with van der Waals surface area (Å²) in [6.07, 6.45) is -2.20. The van der Waals surface area contributed by atoms with Gasteiger partial charge in [-0.3, -0.25) is 9.69 Å². The van der Waals surface area contributed by atoms with Crippen molar-refractivity contribution in [3.8, 4) is 0 Å². The standard InChI is InChI=1S/C12H18F3NO2/c1-8-2-3-9(6-8)16-5-4-11(7-16,10(17)18)12(13,14)15/h8-9H,2-7H2,1H3,(H,17,18). The Bertz CT molecular complexity index is 345. The molecule has 0 aromatic rings. The number of carbonyl (C=O) groups is 1. The number of rotatable bonds is 2. The predicted molar refractivity (Wildman–Crippen MR) is 59.1 cm³/mol. The smallest absolute Gasteiger partial charge is 0.406 e. The van der Waals surface area contributed by atoms with Crippen LogP contribution in [0.15, 0.2) is 0 Å². The third-order valence-corrected chi connectivity index (χ3v) is 4.43. The molecule has 2 rings (SSSR count). The van der Waals surface area contributed by atoms with E-state index in [0.29, 0.717) is 5.92 Å². The van der Waals surface area contributed by atoms with Gasteiger partial charge in [-0.1, -0.05) is 6.92 Å². The van der Waals surface area contributed by atoms with Crippen LogP contribution in [-0.2, 0) is 4.79 Å². The maximum Gasteiger partial charge on any atom is 0.406 e. The second kappa shape index (κ2) is 4.40. The number of nitrogens with zero attached hydrogens (tertiary/aromatic N) is 1. The Morgan fingerprint density at radius 2 is 2.06 bits per heavy atom. The number of likely N-dealkylation sites (tertiary alicyclic amines) is 1. The SMILES string of the molecule is CC1CCC(N2CCC(C(=O)O)(C(F)(F)F)C2)C1. The first kappa shape index (κ1) is 13.6. The van der Waals surface area contributed by atoms with Gasteiger partial charge in [-0.15, -0.1) is 0 Å². The molecule has 1 N–H and O–H groups in total. The fourth-order valence-corrected chi connectivity index (χ4v) is 3.19. The zero-order valence-electron chi connectivity index (χ0n) is 10.3. The zero-order valence-corrected chi connectivity index (χ0v) is 10.3. The average molecular weight is 265 g/mol. The molecule has 1 saturated carbocycles. The molecule has 3 nitrogen and oxygen atoms in total. The molecule has 0 amide bonds. The molecule has 3 atom stereocenters. The van der Waals surface area contributed by atoms with Gasteiger partial charge in [0.1, 0.15) is 0 Å². The maximum absolute atomic E-state index is 13.0. The van der Waals surface area contributed by atoms with Crippen LogP contribution in [0, 0.1) is 11.3 Å². The van der Waals surface area contributed by atoms with Crippen LogP contribution in [0.25, 0.3) is 0 Å². The summed E-state index contributed by atoms with van der Waals surface area (Å²) in [5.74, 6) is -1.20. The van der Waals surface area contributed by atoms with Crippen molar-refractivity contribution in [2.24, 2.45) is 11.3 Å². The van der Waals surface area contributed by atoms with E-state index < -0.39 is 17.6 Å². The summed E-state index contributed by atoms with van der Waals surface area (Å²) in [4.78, 5) is 12.8. The van der Waals surface area contributed by atoms with Crippen molar-refractivity contribution in [3.63, 3.8) is 0 Å². The molecule has 2 aliphatic rings. The molecule has 18 heavy (non-hydrogen) atoms. The van der Waals surface area contributed by atoms with Gasteiger partial charge < -0.3 is 5.11 Å². The summed E-state index contributed by atoms with van der Waals surface area (Å²) < 4.78 is 39.0. The van der Waals surface area contributed by atoms with E-state index in [-0.39, 0.29) is 25.6 Å². The summed E-state index contributed by atoms with van der Waals surface area (Å²) in [5, 5.41) is 8.97. The van der Waals surface area contributed by atoms with Crippen LogP contribution in [0.4, 0.5) is 13.2 Å². The molecule has 2 fully saturated rings. The van der Waals surface area contributed by atoms with Gasteiger partial charge in [-0.25, -0.2) is 0 Å². The van der Waals surface area contributed by atoms with Gasteiger partial charge in [-0.05, 0) is 38.1 Å².